The first-order valence-electron chi connectivity index (χ1n) is 13.0. The number of allylic oxidation sites excluding steroid dienone is 4. The van der Waals surface area contributed by atoms with Gasteiger partial charge in [0.25, 0.3) is 10.2 Å². The van der Waals surface area contributed by atoms with Crippen molar-refractivity contribution < 1.29 is 12.8 Å². The van der Waals surface area contributed by atoms with Crippen LogP contribution in [0, 0.1) is 36.4 Å². The number of hydrogen-bond donors (Lipinski definition) is 1. The number of benzene rings is 2. The molecule has 4 atom stereocenters. The summed E-state index contributed by atoms with van der Waals surface area (Å²) in [5.74, 6) is 1.04. The summed E-state index contributed by atoms with van der Waals surface area (Å²) in [6.07, 6.45) is 11.6. The molecule has 1 aliphatic heterocycles. The molecule has 0 radical (unpaired) electrons. The van der Waals surface area contributed by atoms with Gasteiger partial charge in [-0.3, -0.25) is 0 Å². The molecule has 0 amide bonds. The van der Waals surface area contributed by atoms with E-state index in [0.29, 0.717) is 31.5 Å². The summed E-state index contributed by atoms with van der Waals surface area (Å²) in [5, 5.41) is 5.60. The van der Waals surface area contributed by atoms with Crippen LogP contribution in [0.25, 0.3) is 16.6 Å². The normalized spacial score (nSPS) is 27.3. The lowest BCUT2D eigenvalue weighted by molar-refractivity contribution is 0.355. The first kappa shape index (κ1) is 24.5. The second-order valence-electron chi connectivity index (χ2n) is 11.2. The number of rotatable bonds is 7. The minimum atomic E-state index is -3.54. The summed E-state index contributed by atoms with van der Waals surface area (Å²) in [7, 11) is -3.54. The minimum Gasteiger partial charge on any atom is -0.233 e. The van der Waals surface area contributed by atoms with Gasteiger partial charge in [-0.2, -0.15) is 17.8 Å². The summed E-state index contributed by atoms with van der Waals surface area (Å²) < 4.78 is 46.2. The lowest BCUT2D eigenvalue weighted by atomic mass is 9.83. The maximum atomic E-state index is 13.5. The van der Waals surface area contributed by atoms with E-state index < -0.39 is 10.2 Å². The zero-order valence-corrected chi connectivity index (χ0v) is 22.2. The molecule has 2 heterocycles. The molecular weight excluding hydrogens is 487 g/mol. The second-order valence-corrected chi connectivity index (χ2v) is 12.9. The topological polar surface area (TPSA) is 67.2 Å². The number of aryl methyl sites for hydroxylation is 1. The molecule has 3 aromatic rings. The number of piperidine rings is 1. The highest BCUT2D eigenvalue weighted by Gasteiger charge is 2.72. The fraction of sp³-hybridized carbons (Fsp3) is 0.414. The second kappa shape index (κ2) is 8.89. The Morgan fingerprint density at radius 2 is 1.97 bits per heavy atom. The van der Waals surface area contributed by atoms with Crippen molar-refractivity contribution in [1.29, 1.82) is 0 Å². The lowest BCUT2D eigenvalue weighted by Crippen LogP contribution is -2.44. The molecule has 8 heteroatoms. The minimum absolute atomic E-state index is 0.219. The van der Waals surface area contributed by atoms with E-state index in [1.54, 1.807) is 16.4 Å². The Labute approximate surface area is 218 Å². The molecule has 0 bridgehead atoms. The largest absolute Gasteiger partial charge is 0.279 e. The summed E-state index contributed by atoms with van der Waals surface area (Å²) in [5.41, 5.74) is 3.90. The van der Waals surface area contributed by atoms with E-state index in [-0.39, 0.29) is 23.1 Å². The van der Waals surface area contributed by atoms with Crippen LogP contribution in [0.5, 0.6) is 0 Å². The van der Waals surface area contributed by atoms with Crippen molar-refractivity contribution in [2.75, 3.05) is 19.6 Å². The average Bonchev–Trinajstić information content (AvgIpc) is 3.15. The SMILES string of the molecule is Cc1cc2c(cnn2-c2ccc(F)cc2)cc1[C@]12CN(S(=O)(=O)NCC(C)C)C[C@H]1[C@@H]2C1C=CC=CC1. The first-order valence-corrected chi connectivity index (χ1v) is 14.5. The van der Waals surface area contributed by atoms with Crippen molar-refractivity contribution in [3.05, 3.63) is 83.8 Å². The molecule has 1 saturated carbocycles. The van der Waals surface area contributed by atoms with Gasteiger partial charge in [0.05, 0.1) is 17.4 Å². The monoisotopic (exact) mass is 520 g/mol. The van der Waals surface area contributed by atoms with Crippen molar-refractivity contribution >= 4 is 21.1 Å². The maximum Gasteiger partial charge on any atom is 0.279 e. The van der Waals surface area contributed by atoms with E-state index in [9.17, 15) is 12.8 Å². The van der Waals surface area contributed by atoms with Crippen molar-refractivity contribution in [2.24, 2.45) is 23.7 Å². The molecule has 6 nitrogen and oxygen atoms in total. The molecule has 2 aromatic carbocycles. The van der Waals surface area contributed by atoms with Crippen LogP contribution in [0.2, 0.25) is 0 Å². The van der Waals surface area contributed by atoms with Crippen LogP contribution >= 0.6 is 0 Å². The first-order chi connectivity index (χ1) is 17.7. The molecule has 2 aliphatic carbocycles. The van der Waals surface area contributed by atoms with Crippen LogP contribution in [0.3, 0.4) is 0 Å². The number of nitrogens with one attached hydrogen (secondary N) is 1. The molecule has 3 aliphatic rings. The van der Waals surface area contributed by atoms with Gasteiger partial charge in [-0.15, -0.1) is 0 Å². The average molecular weight is 521 g/mol. The Morgan fingerprint density at radius 3 is 2.68 bits per heavy atom. The third-order valence-corrected chi connectivity index (χ3v) is 9.88. The Bertz CT molecular complexity index is 1510. The third kappa shape index (κ3) is 4.06. The summed E-state index contributed by atoms with van der Waals surface area (Å²) in [6.45, 7) is 7.59. The van der Waals surface area contributed by atoms with Crippen molar-refractivity contribution in [2.45, 2.75) is 32.6 Å². The highest BCUT2D eigenvalue weighted by molar-refractivity contribution is 7.87. The molecule has 194 valence electrons. The fourth-order valence-electron chi connectivity index (χ4n) is 6.65. The standard InChI is InChI=1S/C29H33FN4O2S/c1-19(2)15-32-37(35,36)33-17-26-28(21-7-5-4-6-8-21)29(26,18-33)25-14-22-16-31-34(27(22)13-20(25)3)24-11-9-23(30)10-12-24/h4-7,9-14,16,19,21,26,28,32H,8,15,17-18H2,1-3H3/t21?,26-,28-,29+/m0/s1. The molecule has 6 rings (SSSR count). The Kier molecular flexibility index (Phi) is 5.89. The zero-order valence-electron chi connectivity index (χ0n) is 21.4. The lowest BCUT2D eigenvalue weighted by Gasteiger charge is -2.28. The van der Waals surface area contributed by atoms with E-state index in [0.717, 1.165) is 28.6 Å². The molecule has 37 heavy (non-hydrogen) atoms. The van der Waals surface area contributed by atoms with E-state index in [1.807, 2.05) is 24.7 Å². The predicted octanol–water partition coefficient (Wildman–Crippen LogP) is 4.90. The van der Waals surface area contributed by atoms with E-state index in [4.69, 9.17) is 0 Å². The van der Waals surface area contributed by atoms with Crippen LogP contribution < -0.4 is 4.72 Å². The van der Waals surface area contributed by atoms with Gasteiger partial charge < -0.3 is 0 Å². The van der Waals surface area contributed by atoms with Gasteiger partial charge in [0.2, 0.25) is 0 Å². The zero-order chi connectivity index (χ0) is 25.9. The maximum absolute atomic E-state index is 13.5. The molecule has 1 aromatic heterocycles. The smallest absolute Gasteiger partial charge is 0.233 e. The number of aromatic nitrogens is 2. The highest BCUT2D eigenvalue weighted by Crippen LogP contribution is 2.68. The number of halogens is 1. The van der Waals surface area contributed by atoms with E-state index >= 15 is 0 Å². The summed E-state index contributed by atoms with van der Waals surface area (Å²) >= 11 is 0. The Balaban J connectivity index is 1.39. The highest BCUT2D eigenvalue weighted by atomic mass is 32.2. The third-order valence-electron chi connectivity index (χ3n) is 8.39. The van der Waals surface area contributed by atoms with Gasteiger partial charge in [-0.05, 0) is 84.5 Å². The van der Waals surface area contributed by atoms with Crippen LogP contribution in [-0.4, -0.2) is 42.1 Å². The summed E-state index contributed by atoms with van der Waals surface area (Å²) in [6, 6.07) is 10.7. The molecule has 0 spiro atoms. The predicted molar refractivity (Wildman–Crippen MR) is 144 cm³/mol. The van der Waals surface area contributed by atoms with E-state index in [2.05, 4.69) is 53.2 Å². The Hall–Kier alpha value is -2.81. The van der Waals surface area contributed by atoms with Crippen LogP contribution in [0.15, 0.2) is 66.9 Å². The Morgan fingerprint density at radius 1 is 1.19 bits per heavy atom. The van der Waals surface area contributed by atoms with Crippen LogP contribution in [-0.2, 0) is 15.6 Å². The molecule has 2 fully saturated rings. The van der Waals surface area contributed by atoms with Crippen molar-refractivity contribution in [1.82, 2.24) is 18.8 Å². The van der Waals surface area contributed by atoms with Gasteiger partial charge in [0.15, 0.2) is 0 Å². The molecule has 1 N–H and O–H groups in total. The summed E-state index contributed by atoms with van der Waals surface area (Å²) in [4.78, 5) is 0. The van der Waals surface area contributed by atoms with E-state index in [1.165, 1.54) is 17.7 Å². The van der Waals surface area contributed by atoms with Gasteiger partial charge in [-0.25, -0.2) is 13.8 Å². The molecular formula is C29H33FN4O2S. The van der Waals surface area contributed by atoms with Gasteiger partial charge >= 0.3 is 0 Å². The van der Waals surface area contributed by atoms with Crippen LogP contribution in [0.1, 0.15) is 31.4 Å². The molecule has 1 saturated heterocycles. The number of hydrogen-bond acceptors (Lipinski definition) is 3. The number of nitrogens with zero attached hydrogens (tertiary/aromatic N) is 3. The van der Waals surface area contributed by atoms with Crippen molar-refractivity contribution in [3.63, 3.8) is 0 Å². The number of fused-ring (bicyclic) bond motifs is 2. The molecule has 1 unspecified atom stereocenters. The van der Waals surface area contributed by atoms with Crippen LogP contribution in [0.4, 0.5) is 4.39 Å². The van der Waals surface area contributed by atoms with Crippen molar-refractivity contribution in [3.8, 4) is 5.69 Å². The fourth-order valence-corrected chi connectivity index (χ4v) is 8.12. The van der Waals surface area contributed by atoms with Gasteiger partial charge in [-0.1, -0.05) is 38.2 Å². The van der Waals surface area contributed by atoms with Gasteiger partial charge in [0.1, 0.15) is 5.82 Å². The quantitative estimate of drug-likeness (QED) is 0.482. The van der Waals surface area contributed by atoms with Gasteiger partial charge in [0, 0.05) is 30.4 Å².